The zero-order valence-electron chi connectivity index (χ0n) is 10.2. The summed E-state index contributed by atoms with van der Waals surface area (Å²) in [5, 5.41) is 0.704. The van der Waals surface area contributed by atoms with Gasteiger partial charge in [-0.3, -0.25) is 0 Å². The van der Waals surface area contributed by atoms with Gasteiger partial charge in [0.1, 0.15) is 5.82 Å². The molecule has 0 spiro atoms. The fourth-order valence-electron chi connectivity index (χ4n) is 1.93. The van der Waals surface area contributed by atoms with Gasteiger partial charge in [0.25, 0.3) is 0 Å². The molecule has 0 aromatic heterocycles. The van der Waals surface area contributed by atoms with Crippen molar-refractivity contribution < 1.29 is 4.39 Å². The van der Waals surface area contributed by atoms with Crippen LogP contribution >= 0.6 is 11.6 Å². The number of hydrogen-bond donors (Lipinski definition) is 1. The Labute approximate surface area is 111 Å². The van der Waals surface area contributed by atoms with Crippen LogP contribution in [0.4, 0.5) is 4.39 Å². The SMILES string of the molecule is Cc1cc(C(N)Cc2cccc(Cl)c2)ccc1F. The van der Waals surface area contributed by atoms with Gasteiger partial charge in [0.15, 0.2) is 0 Å². The average Bonchev–Trinajstić information content (AvgIpc) is 2.32. The standard InChI is InChI=1S/C15H15ClFN/c1-10-7-12(5-6-14(10)17)15(18)9-11-3-2-4-13(16)8-11/h2-8,15H,9,18H2,1H3. The Morgan fingerprint density at radius 3 is 2.67 bits per heavy atom. The summed E-state index contributed by atoms with van der Waals surface area (Å²) in [4.78, 5) is 0. The van der Waals surface area contributed by atoms with Crippen LogP contribution in [-0.4, -0.2) is 0 Å². The van der Waals surface area contributed by atoms with E-state index in [1.807, 2.05) is 24.3 Å². The van der Waals surface area contributed by atoms with Crippen LogP contribution < -0.4 is 5.73 Å². The molecule has 1 unspecified atom stereocenters. The van der Waals surface area contributed by atoms with Crippen molar-refractivity contribution in [1.29, 1.82) is 0 Å². The second-order valence-electron chi connectivity index (χ2n) is 4.45. The molecule has 2 aromatic carbocycles. The van der Waals surface area contributed by atoms with Gasteiger partial charge in [-0.1, -0.05) is 35.9 Å². The lowest BCUT2D eigenvalue weighted by Gasteiger charge is -2.13. The molecule has 1 nitrogen and oxygen atoms in total. The molecular weight excluding hydrogens is 249 g/mol. The van der Waals surface area contributed by atoms with E-state index in [0.29, 0.717) is 17.0 Å². The number of hydrogen-bond acceptors (Lipinski definition) is 1. The van der Waals surface area contributed by atoms with Crippen molar-refractivity contribution in [3.8, 4) is 0 Å². The molecule has 18 heavy (non-hydrogen) atoms. The van der Waals surface area contributed by atoms with Crippen molar-refractivity contribution >= 4 is 11.6 Å². The monoisotopic (exact) mass is 263 g/mol. The van der Waals surface area contributed by atoms with Crippen LogP contribution in [0.2, 0.25) is 5.02 Å². The summed E-state index contributed by atoms with van der Waals surface area (Å²) in [5.41, 5.74) is 8.77. The molecule has 0 amide bonds. The first-order chi connectivity index (χ1) is 8.56. The van der Waals surface area contributed by atoms with E-state index in [4.69, 9.17) is 17.3 Å². The minimum Gasteiger partial charge on any atom is -0.324 e. The fourth-order valence-corrected chi connectivity index (χ4v) is 2.15. The topological polar surface area (TPSA) is 26.0 Å². The predicted molar refractivity (Wildman–Crippen MR) is 73.2 cm³/mol. The maximum atomic E-state index is 13.2. The van der Waals surface area contributed by atoms with Crippen LogP contribution in [0.15, 0.2) is 42.5 Å². The van der Waals surface area contributed by atoms with E-state index in [0.717, 1.165) is 11.1 Å². The Morgan fingerprint density at radius 2 is 2.00 bits per heavy atom. The van der Waals surface area contributed by atoms with Crippen LogP contribution in [-0.2, 0) is 6.42 Å². The summed E-state index contributed by atoms with van der Waals surface area (Å²) in [6, 6.07) is 12.5. The van der Waals surface area contributed by atoms with E-state index >= 15 is 0 Å². The Kier molecular flexibility index (Phi) is 4.00. The van der Waals surface area contributed by atoms with Crippen molar-refractivity contribution in [2.45, 2.75) is 19.4 Å². The van der Waals surface area contributed by atoms with Crippen LogP contribution in [0.5, 0.6) is 0 Å². The van der Waals surface area contributed by atoms with Gasteiger partial charge in [0.2, 0.25) is 0 Å². The second kappa shape index (κ2) is 5.51. The van der Waals surface area contributed by atoms with E-state index < -0.39 is 0 Å². The Balaban J connectivity index is 2.16. The Bertz CT molecular complexity index is 554. The minimum atomic E-state index is -0.200. The van der Waals surface area contributed by atoms with Crippen LogP contribution in [0.3, 0.4) is 0 Å². The molecule has 0 radical (unpaired) electrons. The molecule has 0 saturated heterocycles. The first kappa shape index (κ1) is 13.1. The van der Waals surface area contributed by atoms with Crippen molar-refractivity contribution in [3.05, 3.63) is 70.0 Å². The molecule has 2 N–H and O–H groups in total. The predicted octanol–water partition coefficient (Wildman–Crippen LogP) is 4.03. The van der Waals surface area contributed by atoms with Crippen molar-refractivity contribution in [2.24, 2.45) is 5.73 Å². The van der Waals surface area contributed by atoms with Gasteiger partial charge in [-0.25, -0.2) is 4.39 Å². The number of halogens is 2. The van der Waals surface area contributed by atoms with Crippen molar-refractivity contribution in [3.63, 3.8) is 0 Å². The highest BCUT2D eigenvalue weighted by atomic mass is 35.5. The molecule has 2 rings (SSSR count). The Morgan fingerprint density at radius 1 is 1.22 bits per heavy atom. The van der Waals surface area contributed by atoms with E-state index in [1.54, 1.807) is 19.1 Å². The Hall–Kier alpha value is -1.38. The maximum absolute atomic E-state index is 13.2. The summed E-state index contributed by atoms with van der Waals surface area (Å²) in [7, 11) is 0. The summed E-state index contributed by atoms with van der Waals surface area (Å²) < 4.78 is 13.2. The van der Waals surface area contributed by atoms with Gasteiger partial charge in [-0.05, 0) is 48.2 Å². The molecular formula is C15H15ClFN. The molecule has 0 aliphatic rings. The normalized spacial score (nSPS) is 12.4. The highest BCUT2D eigenvalue weighted by molar-refractivity contribution is 6.30. The van der Waals surface area contributed by atoms with Crippen molar-refractivity contribution in [2.75, 3.05) is 0 Å². The second-order valence-corrected chi connectivity index (χ2v) is 4.89. The molecule has 0 fully saturated rings. The zero-order chi connectivity index (χ0) is 13.1. The summed E-state index contributed by atoms with van der Waals surface area (Å²) in [6.07, 6.45) is 0.686. The quantitative estimate of drug-likeness (QED) is 0.889. The first-order valence-electron chi connectivity index (χ1n) is 5.82. The molecule has 94 valence electrons. The third kappa shape index (κ3) is 3.09. The van der Waals surface area contributed by atoms with E-state index in [9.17, 15) is 4.39 Å². The van der Waals surface area contributed by atoms with Crippen LogP contribution in [0.1, 0.15) is 22.7 Å². The van der Waals surface area contributed by atoms with E-state index in [-0.39, 0.29) is 11.9 Å². The molecule has 0 heterocycles. The first-order valence-corrected chi connectivity index (χ1v) is 6.20. The molecule has 0 saturated carbocycles. The molecule has 3 heteroatoms. The van der Waals surface area contributed by atoms with Crippen molar-refractivity contribution in [1.82, 2.24) is 0 Å². The number of aryl methyl sites for hydroxylation is 1. The van der Waals surface area contributed by atoms with Gasteiger partial charge in [0.05, 0.1) is 0 Å². The van der Waals surface area contributed by atoms with Gasteiger partial charge in [-0.2, -0.15) is 0 Å². The summed E-state index contributed by atoms with van der Waals surface area (Å²) in [5.74, 6) is -0.200. The van der Waals surface area contributed by atoms with Crippen LogP contribution in [0, 0.1) is 12.7 Å². The highest BCUT2D eigenvalue weighted by Gasteiger charge is 2.09. The molecule has 0 aliphatic heterocycles. The lowest BCUT2D eigenvalue weighted by molar-refractivity contribution is 0.615. The van der Waals surface area contributed by atoms with E-state index in [1.165, 1.54) is 6.07 Å². The third-order valence-electron chi connectivity index (χ3n) is 2.95. The lowest BCUT2D eigenvalue weighted by atomic mass is 9.98. The number of nitrogens with two attached hydrogens (primary N) is 1. The maximum Gasteiger partial charge on any atom is 0.126 e. The molecule has 1 atom stereocenters. The highest BCUT2D eigenvalue weighted by Crippen LogP contribution is 2.20. The summed E-state index contributed by atoms with van der Waals surface area (Å²) >= 11 is 5.93. The smallest absolute Gasteiger partial charge is 0.126 e. The van der Waals surface area contributed by atoms with E-state index in [2.05, 4.69) is 0 Å². The molecule has 0 bridgehead atoms. The molecule has 0 aliphatic carbocycles. The van der Waals surface area contributed by atoms with Gasteiger partial charge >= 0.3 is 0 Å². The van der Waals surface area contributed by atoms with Gasteiger partial charge < -0.3 is 5.73 Å². The fraction of sp³-hybridized carbons (Fsp3) is 0.200. The summed E-state index contributed by atoms with van der Waals surface area (Å²) in [6.45, 7) is 1.74. The number of rotatable bonds is 3. The average molecular weight is 264 g/mol. The third-order valence-corrected chi connectivity index (χ3v) is 3.19. The lowest BCUT2D eigenvalue weighted by Crippen LogP contribution is -2.13. The zero-order valence-corrected chi connectivity index (χ0v) is 10.9. The largest absolute Gasteiger partial charge is 0.324 e. The molecule has 2 aromatic rings. The van der Waals surface area contributed by atoms with Gasteiger partial charge in [-0.15, -0.1) is 0 Å². The van der Waals surface area contributed by atoms with Crippen LogP contribution in [0.25, 0.3) is 0 Å². The minimum absolute atomic E-state index is 0.150. The number of benzene rings is 2. The van der Waals surface area contributed by atoms with Gasteiger partial charge in [0, 0.05) is 11.1 Å².